The van der Waals surface area contributed by atoms with Gasteiger partial charge in [-0.2, -0.15) is 0 Å². The molecule has 1 heterocycles. The Morgan fingerprint density at radius 1 is 1.09 bits per heavy atom. The van der Waals surface area contributed by atoms with E-state index < -0.39 is 12.1 Å². The topological polar surface area (TPSA) is 67.5 Å². The molecule has 0 fully saturated rings. The largest absolute Gasteiger partial charge is 0.322 e. The van der Waals surface area contributed by atoms with Crippen LogP contribution in [0.4, 0.5) is 5.69 Å². The minimum atomic E-state index is -1.05. The number of aliphatic imine (C=N–C) groups is 1. The van der Waals surface area contributed by atoms with Gasteiger partial charge in [-0.15, -0.1) is 0 Å². The Bertz CT molecular complexity index is 781. The van der Waals surface area contributed by atoms with Crippen LogP contribution in [0, 0.1) is 0 Å². The third-order valence-electron chi connectivity index (χ3n) is 3.22. The van der Waals surface area contributed by atoms with E-state index >= 15 is 0 Å². The third kappa shape index (κ3) is 2.71. The highest BCUT2D eigenvalue weighted by atomic mass is 35.5. The van der Waals surface area contributed by atoms with Crippen molar-refractivity contribution in [2.75, 3.05) is 5.32 Å². The molecule has 2 aromatic carbocycles. The number of anilines is 1. The number of carbonyl (C=O) groups excluding carboxylic acids is 1. The van der Waals surface area contributed by atoms with Gasteiger partial charge >= 0.3 is 0 Å². The maximum Gasteiger partial charge on any atom is 0.263 e. The Kier molecular flexibility index (Phi) is 4.10. The zero-order valence-electron chi connectivity index (χ0n) is 11.1. The molecule has 3 rings (SSSR count). The standard InChI is InChI=1S/C15H10Cl3N3O/c16-7-5-9(17)12(10(18)6-7)13-8-3-1-2-4-11(8)20-15(22)14(19)21-13/h1-6,14H,19H2,(H,20,22). The normalized spacial score (nSPS) is 17.4. The SMILES string of the molecule is NC1N=C(c2c(Cl)cc(Cl)cc2Cl)c2ccccc2NC1=O. The van der Waals surface area contributed by atoms with Crippen LogP contribution in [0.15, 0.2) is 41.4 Å². The van der Waals surface area contributed by atoms with E-state index in [-0.39, 0.29) is 0 Å². The number of halogens is 3. The Labute approximate surface area is 141 Å². The number of rotatable bonds is 1. The van der Waals surface area contributed by atoms with Crippen LogP contribution in [-0.4, -0.2) is 17.8 Å². The molecule has 0 aliphatic carbocycles. The molecule has 1 aliphatic heterocycles. The van der Waals surface area contributed by atoms with Crippen molar-refractivity contribution in [1.29, 1.82) is 0 Å². The highest BCUT2D eigenvalue weighted by Gasteiger charge is 2.25. The lowest BCUT2D eigenvalue weighted by molar-refractivity contribution is -0.117. The van der Waals surface area contributed by atoms with E-state index in [2.05, 4.69) is 10.3 Å². The number of benzodiazepines with no additional fused rings is 1. The quantitative estimate of drug-likeness (QED) is 0.819. The molecule has 1 aliphatic rings. The summed E-state index contributed by atoms with van der Waals surface area (Å²) < 4.78 is 0. The second kappa shape index (κ2) is 5.89. The second-order valence-electron chi connectivity index (χ2n) is 4.70. The fourth-order valence-electron chi connectivity index (χ4n) is 2.24. The Morgan fingerprint density at radius 3 is 2.41 bits per heavy atom. The van der Waals surface area contributed by atoms with Crippen molar-refractivity contribution < 1.29 is 4.79 Å². The van der Waals surface area contributed by atoms with Crippen LogP contribution in [0.3, 0.4) is 0 Å². The van der Waals surface area contributed by atoms with Crippen LogP contribution < -0.4 is 11.1 Å². The molecule has 3 N–H and O–H groups in total. The summed E-state index contributed by atoms with van der Waals surface area (Å²) in [6.07, 6.45) is -1.05. The van der Waals surface area contributed by atoms with E-state index in [1.54, 1.807) is 24.3 Å². The molecule has 112 valence electrons. The first kappa shape index (κ1) is 15.3. The number of carbonyl (C=O) groups is 1. The van der Waals surface area contributed by atoms with Gasteiger partial charge in [0.25, 0.3) is 5.91 Å². The molecule has 22 heavy (non-hydrogen) atoms. The lowest BCUT2D eigenvalue weighted by Gasteiger charge is -2.13. The van der Waals surface area contributed by atoms with E-state index in [1.807, 2.05) is 12.1 Å². The molecular weight excluding hydrogens is 345 g/mol. The van der Waals surface area contributed by atoms with E-state index in [4.69, 9.17) is 40.5 Å². The van der Waals surface area contributed by atoms with Crippen molar-refractivity contribution in [3.8, 4) is 0 Å². The number of hydrogen-bond acceptors (Lipinski definition) is 3. The summed E-state index contributed by atoms with van der Waals surface area (Å²) in [6.45, 7) is 0. The van der Waals surface area contributed by atoms with Gasteiger partial charge in [0.05, 0.1) is 21.4 Å². The summed E-state index contributed by atoms with van der Waals surface area (Å²) in [7, 11) is 0. The lowest BCUT2D eigenvalue weighted by atomic mass is 10.0. The Morgan fingerprint density at radius 2 is 1.73 bits per heavy atom. The highest BCUT2D eigenvalue weighted by Crippen LogP contribution is 2.33. The van der Waals surface area contributed by atoms with Crippen molar-refractivity contribution in [2.45, 2.75) is 6.17 Å². The van der Waals surface area contributed by atoms with Crippen LogP contribution >= 0.6 is 34.8 Å². The fourth-order valence-corrected chi connectivity index (χ4v) is 3.24. The molecule has 1 unspecified atom stereocenters. The summed E-state index contributed by atoms with van der Waals surface area (Å²) in [6, 6.07) is 10.3. The summed E-state index contributed by atoms with van der Waals surface area (Å²) in [5, 5.41) is 3.83. The number of fused-ring (bicyclic) bond motifs is 1. The molecular formula is C15H10Cl3N3O. The number of hydrogen-bond donors (Lipinski definition) is 2. The third-order valence-corrected chi connectivity index (χ3v) is 4.03. The molecule has 1 amide bonds. The molecule has 0 spiro atoms. The summed E-state index contributed by atoms with van der Waals surface area (Å²) >= 11 is 18.5. The molecule has 4 nitrogen and oxygen atoms in total. The lowest BCUT2D eigenvalue weighted by Crippen LogP contribution is -2.33. The molecule has 0 saturated carbocycles. The summed E-state index contributed by atoms with van der Waals surface area (Å²) in [5.41, 5.74) is 8.04. The minimum Gasteiger partial charge on any atom is -0.322 e. The Hall–Kier alpha value is -1.59. The van der Waals surface area contributed by atoms with Gasteiger partial charge in [0, 0.05) is 16.1 Å². The van der Waals surface area contributed by atoms with E-state index in [0.717, 1.165) is 0 Å². The zero-order valence-corrected chi connectivity index (χ0v) is 13.4. The van der Waals surface area contributed by atoms with Crippen LogP contribution in [-0.2, 0) is 4.79 Å². The van der Waals surface area contributed by atoms with Crippen LogP contribution in [0.5, 0.6) is 0 Å². The first-order chi connectivity index (χ1) is 10.5. The molecule has 0 radical (unpaired) electrons. The number of nitrogens with zero attached hydrogens (tertiary/aromatic N) is 1. The van der Waals surface area contributed by atoms with Gasteiger partial charge < -0.3 is 11.1 Å². The summed E-state index contributed by atoms with van der Waals surface area (Å²) in [5.74, 6) is -0.399. The van der Waals surface area contributed by atoms with E-state index in [9.17, 15) is 4.79 Å². The average molecular weight is 355 g/mol. The maximum absolute atomic E-state index is 11.9. The monoisotopic (exact) mass is 353 g/mol. The molecule has 0 saturated heterocycles. The van der Waals surface area contributed by atoms with Crippen molar-refractivity contribution in [3.05, 3.63) is 62.6 Å². The molecule has 0 bridgehead atoms. The summed E-state index contributed by atoms with van der Waals surface area (Å²) in [4.78, 5) is 16.2. The van der Waals surface area contributed by atoms with Crippen molar-refractivity contribution in [1.82, 2.24) is 0 Å². The number of amides is 1. The van der Waals surface area contributed by atoms with Gasteiger partial charge in [-0.25, -0.2) is 0 Å². The van der Waals surface area contributed by atoms with Gasteiger partial charge in [0.1, 0.15) is 0 Å². The van der Waals surface area contributed by atoms with Gasteiger partial charge in [-0.1, -0.05) is 53.0 Å². The van der Waals surface area contributed by atoms with Crippen molar-refractivity contribution in [2.24, 2.45) is 10.7 Å². The van der Waals surface area contributed by atoms with Gasteiger partial charge in [-0.05, 0) is 18.2 Å². The highest BCUT2D eigenvalue weighted by molar-refractivity contribution is 6.44. The molecule has 2 aromatic rings. The average Bonchev–Trinajstić information content (AvgIpc) is 2.56. The zero-order chi connectivity index (χ0) is 15.9. The van der Waals surface area contributed by atoms with Crippen LogP contribution in [0.2, 0.25) is 15.1 Å². The first-order valence-electron chi connectivity index (χ1n) is 6.36. The number of benzene rings is 2. The van der Waals surface area contributed by atoms with Crippen LogP contribution in [0.1, 0.15) is 11.1 Å². The van der Waals surface area contributed by atoms with E-state index in [1.165, 1.54) is 0 Å². The minimum absolute atomic E-state index is 0.340. The molecule has 7 heteroatoms. The van der Waals surface area contributed by atoms with Crippen molar-refractivity contribution in [3.63, 3.8) is 0 Å². The van der Waals surface area contributed by atoms with Gasteiger partial charge in [0.2, 0.25) is 0 Å². The van der Waals surface area contributed by atoms with Crippen LogP contribution in [0.25, 0.3) is 0 Å². The second-order valence-corrected chi connectivity index (χ2v) is 5.95. The van der Waals surface area contributed by atoms with Gasteiger partial charge in [-0.3, -0.25) is 9.79 Å². The number of nitrogens with two attached hydrogens (primary N) is 1. The maximum atomic E-state index is 11.9. The van der Waals surface area contributed by atoms with Crippen molar-refractivity contribution >= 4 is 52.1 Å². The Balaban J connectivity index is 2.29. The number of nitrogens with one attached hydrogen (secondary N) is 1. The smallest absolute Gasteiger partial charge is 0.263 e. The predicted octanol–water partition coefficient (Wildman–Crippen LogP) is 3.72. The fraction of sp³-hybridized carbons (Fsp3) is 0.0667. The number of para-hydroxylation sites is 1. The predicted molar refractivity (Wildman–Crippen MR) is 90.2 cm³/mol. The molecule has 1 atom stereocenters. The first-order valence-corrected chi connectivity index (χ1v) is 7.49. The molecule has 0 aromatic heterocycles. The van der Waals surface area contributed by atoms with E-state index in [0.29, 0.717) is 37.6 Å². The van der Waals surface area contributed by atoms with Gasteiger partial charge in [0.15, 0.2) is 6.17 Å².